The minimum absolute atomic E-state index is 0.0468. The summed E-state index contributed by atoms with van der Waals surface area (Å²) in [5.41, 5.74) is 5.52. The number of rotatable bonds is 54. The van der Waals surface area contributed by atoms with Crippen LogP contribution in [0.1, 0.15) is 245 Å². The van der Waals surface area contributed by atoms with Crippen LogP contribution >= 0.6 is 21.6 Å². The molecule has 0 aromatic carbocycles. The van der Waals surface area contributed by atoms with Crippen LogP contribution in [0.2, 0.25) is 0 Å². The molecule has 0 heterocycles. The van der Waals surface area contributed by atoms with Gasteiger partial charge >= 0.3 is 0 Å². The van der Waals surface area contributed by atoms with E-state index in [2.05, 4.69) is 40.0 Å². The van der Waals surface area contributed by atoms with Crippen molar-refractivity contribution in [1.29, 1.82) is 0 Å². The SMILES string of the molecule is CCCCCCCCCCCCCCCCCCN(CCCCCCCCCCCCCCCCCC)C(=O)CSSCCNC(=O)CNCCCNCCCCNCCCN. The molecule has 0 aliphatic rings. The Morgan fingerprint density at radius 1 is 0.403 bits per heavy atom. The third-order valence-electron chi connectivity index (χ3n) is 12.2. The Hall–Kier alpha value is -0.520. The van der Waals surface area contributed by atoms with Crippen molar-refractivity contribution in [3.8, 4) is 0 Å². The maximum Gasteiger partial charge on any atom is 0.233 e. The molecule has 0 atom stereocenters. The average molecular weight is 914 g/mol. The number of nitrogens with zero attached hydrogens (tertiary/aromatic N) is 1. The maximum atomic E-state index is 13.4. The summed E-state index contributed by atoms with van der Waals surface area (Å²) < 4.78 is 0. The van der Waals surface area contributed by atoms with Crippen molar-refractivity contribution in [3.63, 3.8) is 0 Å². The lowest BCUT2D eigenvalue weighted by Gasteiger charge is -2.23. The van der Waals surface area contributed by atoms with Crippen LogP contribution in [0.4, 0.5) is 0 Å². The van der Waals surface area contributed by atoms with Crippen molar-refractivity contribution in [2.45, 2.75) is 245 Å². The topological polar surface area (TPSA) is 112 Å². The van der Waals surface area contributed by atoms with E-state index >= 15 is 0 Å². The number of nitrogens with two attached hydrogens (primary N) is 1. The van der Waals surface area contributed by atoms with Gasteiger partial charge in [0.15, 0.2) is 0 Å². The van der Waals surface area contributed by atoms with Gasteiger partial charge in [-0.05, 0) is 77.8 Å². The predicted octanol–water partition coefficient (Wildman–Crippen LogP) is 13.1. The second-order valence-electron chi connectivity index (χ2n) is 18.3. The molecule has 0 unspecified atom stereocenters. The first kappa shape index (κ1) is 61.5. The van der Waals surface area contributed by atoms with E-state index in [1.54, 1.807) is 21.6 Å². The maximum absolute atomic E-state index is 13.4. The zero-order valence-corrected chi connectivity index (χ0v) is 43.2. The van der Waals surface area contributed by atoms with E-state index in [9.17, 15) is 9.59 Å². The van der Waals surface area contributed by atoms with Crippen molar-refractivity contribution in [3.05, 3.63) is 0 Å². The van der Waals surface area contributed by atoms with Gasteiger partial charge in [0.25, 0.3) is 0 Å². The molecule has 0 fully saturated rings. The van der Waals surface area contributed by atoms with Gasteiger partial charge < -0.3 is 31.9 Å². The highest BCUT2D eigenvalue weighted by molar-refractivity contribution is 8.76. The average Bonchev–Trinajstić information content (AvgIpc) is 3.27. The zero-order valence-electron chi connectivity index (χ0n) is 41.6. The minimum atomic E-state index is 0.0468. The Bertz CT molecular complexity index is 852. The van der Waals surface area contributed by atoms with Crippen LogP contribution in [-0.4, -0.2) is 93.7 Å². The first-order valence-corrected chi connectivity index (χ1v) is 29.8. The summed E-state index contributed by atoms with van der Waals surface area (Å²) in [6.07, 6.45) is 48.4. The van der Waals surface area contributed by atoms with Crippen molar-refractivity contribution < 1.29 is 9.59 Å². The van der Waals surface area contributed by atoms with E-state index in [0.717, 1.165) is 83.8 Å². The van der Waals surface area contributed by atoms with E-state index in [1.165, 1.54) is 205 Å². The first-order valence-electron chi connectivity index (χ1n) is 27.3. The third-order valence-corrected chi connectivity index (χ3v) is 14.5. The Kier molecular flexibility index (Phi) is 54.4. The standard InChI is InChI=1S/C52H108N6O2S2/c1-3-5-7-9-11-13-15-17-19-21-23-25-27-29-31-35-46-58(47-36-32-30-28-26-24-22-20-18-16-14-12-10-8-6-4-2)52(60)50-62-61-48-45-57-51(59)49-56-44-38-43-55-41-34-33-40-54-42-37-39-53/h54-56H,3-50,53H2,1-2H3,(H,57,59). The molecule has 0 aromatic heterocycles. The number of hydrogen-bond donors (Lipinski definition) is 5. The Labute approximate surface area is 395 Å². The van der Waals surface area contributed by atoms with Crippen LogP contribution in [0.15, 0.2) is 0 Å². The lowest BCUT2D eigenvalue weighted by molar-refractivity contribution is -0.128. The summed E-state index contributed by atoms with van der Waals surface area (Å²) in [5, 5.41) is 13.2. The molecule has 62 heavy (non-hydrogen) atoms. The monoisotopic (exact) mass is 913 g/mol. The van der Waals surface area contributed by atoms with E-state index in [1.807, 2.05) is 0 Å². The van der Waals surface area contributed by atoms with Crippen molar-refractivity contribution in [2.75, 3.05) is 77.0 Å². The van der Waals surface area contributed by atoms with E-state index in [-0.39, 0.29) is 5.91 Å². The van der Waals surface area contributed by atoms with Crippen molar-refractivity contribution in [1.82, 2.24) is 26.2 Å². The number of carbonyl (C=O) groups excluding carboxylic acids is 2. The molecule has 2 amide bonds. The Morgan fingerprint density at radius 2 is 0.758 bits per heavy atom. The fraction of sp³-hybridized carbons (Fsp3) is 0.962. The van der Waals surface area contributed by atoms with E-state index < -0.39 is 0 Å². The molecule has 0 aliphatic carbocycles. The summed E-state index contributed by atoms with van der Waals surface area (Å²) in [7, 11) is 3.36. The highest BCUT2D eigenvalue weighted by Gasteiger charge is 2.13. The molecule has 8 nitrogen and oxygen atoms in total. The molecule has 0 bridgehead atoms. The van der Waals surface area contributed by atoms with E-state index in [0.29, 0.717) is 24.7 Å². The second kappa shape index (κ2) is 54.8. The molecule has 0 saturated carbocycles. The largest absolute Gasteiger partial charge is 0.354 e. The molecule has 0 aromatic rings. The fourth-order valence-corrected chi connectivity index (χ4v) is 9.94. The summed E-state index contributed by atoms with van der Waals surface area (Å²) in [6, 6.07) is 0. The van der Waals surface area contributed by atoms with Crippen molar-refractivity contribution in [2.24, 2.45) is 5.73 Å². The third kappa shape index (κ3) is 50.5. The van der Waals surface area contributed by atoms with Gasteiger partial charge in [-0.25, -0.2) is 0 Å². The molecular formula is C52H108N6O2S2. The van der Waals surface area contributed by atoms with Crippen molar-refractivity contribution >= 4 is 33.4 Å². The lowest BCUT2D eigenvalue weighted by Crippen LogP contribution is -2.36. The Balaban J connectivity index is 4.14. The smallest absolute Gasteiger partial charge is 0.233 e. The zero-order chi connectivity index (χ0) is 44.9. The van der Waals surface area contributed by atoms with Gasteiger partial charge in [0, 0.05) is 25.4 Å². The minimum Gasteiger partial charge on any atom is -0.354 e. The first-order chi connectivity index (χ1) is 30.7. The summed E-state index contributed by atoms with van der Waals surface area (Å²) in [4.78, 5) is 27.8. The molecule has 0 aliphatic heterocycles. The van der Waals surface area contributed by atoms with Gasteiger partial charge in [-0.3, -0.25) is 9.59 Å². The summed E-state index contributed by atoms with van der Waals surface area (Å²) >= 11 is 0. The molecule has 0 saturated heterocycles. The van der Waals surface area contributed by atoms with Crippen LogP contribution in [0.3, 0.4) is 0 Å². The van der Waals surface area contributed by atoms with Gasteiger partial charge in [-0.2, -0.15) is 0 Å². The Morgan fingerprint density at radius 3 is 1.16 bits per heavy atom. The predicted molar refractivity (Wildman–Crippen MR) is 280 cm³/mol. The molecule has 6 N–H and O–H groups in total. The number of amides is 2. The number of unbranched alkanes of at least 4 members (excludes halogenated alkanes) is 31. The van der Waals surface area contributed by atoms with Crippen LogP contribution in [0.25, 0.3) is 0 Å². The number of carbonyl (C=O) groups is 2. The second-order valence-corrected chi connectivity index (χ2v) is 20.9. The molecule has 10 heteroatoms. The van der Waals surface area contributed by atoms with Gasteiger partial charge in [0.05, 0.1) is 12.3 Å². The van der Waals surface area contributed by atoms with Crippen LogP contribution in [0, 0.1) is 0 Å². The summed E-state index contributed by atoms with van der Waals surface area (Å²) in [5.74, 6) is 1.68. The van der Waals surface area contributed by atoms with Crippen LogP contribution < -0.4 is 27.0 Å². The van der Waals surface area contributed by atoms with Gasteiger partial charge in [-0.15, -0.1) is 0 Å². The lowest BCUT2D eigenvalue weighted by atomic mass is 10.0. The highest BCUT2D eigenvalue weighted by Crippen LogP contribution is 2.22. The molecule has 0 rings (SSSR count). The molecular weight excluding hydrogens is 805 g/mol. The quantitative estimate of drug-likeness (QED) is 0.0303. The fourth-order valence-electron chi connectivity index (χ4n) is 8.12. The number of nitrogens with one attached hydrogen (secondary N) is 4. The molecule has 0 radical (unpaired) electrons. The van der Waals surface area contributed by atoms with Gasteiger partial charge in [0.1, 0.15) is 0 Å². The number of hydrogen-bond acceptors (Lipinski definition) is 8. The molecule has 370 valence electrons. The molecule has 0 spiro atoms. The van der Waals surface area contributed by atoms with Gasteiger partial charge in [-0.1, -0.05) is 228 Å². The summed E-state index contributed by atoms with van der Waals surface area (Å²) in [6.45, 7) is 13.1. The normalized spacial score (nSPS) is 11.5. The van der Waals surface area contributed by atoms with Crippen LogP contribution in [0.5, 0.6) is 0 Å². The van der Waals surface area contributed by atoms with Gasteiger partial charge in [0.2, 0.25) is 11.8 Å². The van der Waals surface area contributed by atoms with Crippen LogP contribution in [-0.2, 0) is 9.59 Å². The van der Waals surface area contributed by atoms with E-state index in [4.69, 9.17) is 5.73 Å². The highest BCUT2D eigenvalue weighted by atomic mass is 33.1.